The van der Waals surface area contributed by atoms with Crippen molar-refractivity contribution in [3.05, 3.63) is 53.6 Å². The molecule has 2 aromatic carbocycles. The van der Waals surface area contributed by atoms with Crippen LogP contribution in [0.3, 0.4) is 0 Å². The highest BCUT2D eigenvalue weighted by Gasteiger charge is 2.23. The molecule has 2 aromatic heterocycles. The van der Waals surface area contributed by atoms with Crippen molar-refractivity contribution in [1.82, 2.24) is 14.5 Å². The van der Waals surface area contributed by atoms with E-state index in [1.54, 1.807) is 28.3 Å². The summed E-state index contributed by atoms with van der Waals surface area (Å²) >= 11 is 1.56. The van der Waals surface area contributed by atoms with E-state index in [1.807, 2.05) is 18.2 Å². The minimum absolute atomic E-state index is 0.0531. The number of halogens is 1. The molecular formula is C22H20FN5OS. The standard InChI is InChI=1S/C22H20FN5OS/c23-15-7-14(10-24)8-18-21(15)28(12-25-18)11-13-5-6-17-20(9-13)30-22(27-17)26-16-3-1-2-4-19(16)29/h5-9,12,16,19,29H,1-4,11H2,(H,26,27)/t16-,19-/m1/s1. The van der Waals surface area contributed by atoms with Crippen molar-refractivity contribution in [3.63, 3.8) is 0 Å². The number of hydrogen-bond donors (Lipinski definition) is 2. The summed E-state index contributed by atoms with van der Waals surface area (Å²) in [7, 11) is 0. The van der Waals surface area contributed by atoms with Crippen molar-refractivity contribution in [2.45, 2.75) is 44.4 Å². The summed E-state index contributed by atoms with van der Waals surface area (Å²) in [6.07, 6.45) is 5.25. The molecule has 1 fully saturated rings. The molecule has 2 N–H and O–H groups in total. The van der Waals surface area contributed by atoms with E-state index in [4.69, 9.17) is 5.26 Å². The van der Waals surface area contributed by atoms with Gasteiger partial charge in [-0.15, -0.1) is 0 Å². The number of fused-ring (bicyclic) bond motifs is 2. The van der Waals surface area contributed by atoms with Crippen molar-refractivity contribution < 1.29 is 9.50 Å². The van der Waals surface area contributed by atoms with Gasteiger partial charge in [0.2, 0.25) is 0 Å². The number of rotatable bonds is 4. The average Bonchev–Trinajstić information content (AvgIpc) is 3.33. The van der Waals surface area contributed by atoms with Crippen LogP contribution >= 0.6 is 11.3 Å². The van der Waals surface area contributed by atoms with E-state index in [1.165, 1.54) is 6.07 Å². The number of aliphatic hydroxyl groups is 1. The van der Waals surface area contributed by atoms with Gasteiger partial charge < -0.3 is 15.0 Å². The summed E-state index contributed by atoms with van der Waals surface area (Å²) < 4.78 is 17.3. The molecule has 0 saturated heterocycles. The fourth-order valence-electron chi connectivity index (χ4n) is 4.11. The first-order valence-corrected chi connectivity index (χ1v) is 10.8. The predicted octanol–water partition coefficient (Wildman–Crippen LogP) is 4.42. The molecule has 5 rings (SSSR count). The Bertz CT molecular complexity index is 1270. The van der Waals surface area contributed by atoms with Crippen LogP contribution in [0, 0.1) is 17.1 Å². The number of aromatic nitrogens is 3. The first-order chi connectivity index (χ1) is 14.6. The highest BCUT2D eigenvalue weighted by Crippen LogP contribution is 2.30. The van der Waals surface area contributed by atoms with E-state index in [2.05, 4.69) is 21.4 Å². The third kappa shape index (κ3) is 3.51. The normalized spacial score (nSPS) is 19.2. The third-order valence-corrected chi connectivity index (χ3v) is 6.59. The summed E-state index contributed by atoms with van der Waals surface area (Å²) in [6.45, 7) is 0.470. The molecule has 0 unspecified atom stereocenters. The number of anilines is 1. The van der Waals surface area contributed by atoms with Crippen LogP contribution in [0.25, 0.3) is 21.3 Å². The molecule has 4 aromatic rings. The van der Waals surface area contributed by atoms with Gasteiger partial charge in [0.25, 0.3) is 0 Å². The highest BCUT2D eigenvalue weighted by molar-refractivity contribution is 7.22. The SMILES string of the molecule is N#Cc1cc(F)c2c(c1)ncn2Cc1ccc2nc(N[C@@H]3CCCC[C@H]3O)sc2c1. The molecule has 2 atom stereocenters. The quantitative estimate of drug-likeness (QED) is 0.509. The number of aliphatic hydroxyl groups excluding tert-OH is 1. The fourth-order valence-corrected chi connectivity index (χ4v) is 5.10. The smallest absolute Gasteiger partial charge is 0.184 e. The Kier molecular flexibility index (Phi) is 4.85. The van der Waals surface area contributed by atoms with Crippen molar-refractivity contribution in [2.75, 3.05) is 5.32 Å². The number of thiazole rings is 1. The average molecular weight is 422 g/mol. The number of nitrogens with zero attached hydrogens (tertiary/aromatic N) is 4. The van der Waals surface area contributed by atoms with Crippen LogP contribution in [0.4, 0.5) is 9.52 Å². The van der Waals surface area contributed by atoms with Crippen molar-refractivity contribution in [2.24, 2.45) is 0 Å². The van der Waals surface area contributed by atoms with Crippen LogP contribution in [-0.2, 0) is 6.54 Å². The molecule has 6 nitrogen and oxygen atoms in total. The molecule has 1 saturated carbocycles. The lowest BCUT2D eigenvalue weighted by Gasteiger charge is -2.27. The molecule has 0 amide bonds. The van der Waals surface area contributed by atoms with Crippen molar-refractivity contribution in [1.29, 1.82) is 5.26 Å². The summed E-state index contributed by atoms with van der Waals surface area (Å²) in [5, 5.41) is 23.4. The zero-order chi connectivity index (χ0) is 20.7. The first-order valence-electron chi connectivity index (χ1n) is 9.99. The minimum atomic E-state index is -0.446. The lowest BCUT2D eigenvalue weighted by atomic mass is 9.93. The van der Waals surface area contributed by atoms with Crippen molar-refractivity contribution >= 4 is 37.7 Å². The van der Waals surface area contributed by atoms with Crippen molar-refractivity contribution in [3.8, 4) is 6.07 Å². The second-order valence-corrected chi connectivity index (χ2v) is 8.76. The van der Waals surface area contributed by atoms with Gasteiger partial charge in [-0.25, -0.2) is 14.4 Å². The number of imidazole rings is 1. The van der Waals surface area contributed by atoms with Crippen LogP contribution in [0.1, 0.15) is 36.8 Å². The van der Waals surface area contributed by atoms with Crippen LogP contribution < -0.4 is 5.32 Å². The van der Waals surface area contributed by atoms with Gasteiger partial charge >= 0.3 is 0 Å². The largest absolute Gasteiger partial charge is 0.391 e. The van der Waals surface area contributed by atoms with E-state index in [0.29, 0.717) is 17.6 Å². The Balaban J connectivity index is 1.40. The maximum Gasteiger partial charge on any atom is 0.184 e. The van der Waals surface area contributed by atoms with Crippen LogP contribution in [-0.4, -0.2) is 31.8 Å². The zero-order valence-electron chi connectivity index (χ0n) is 16.2. The first kappa shape index (κ1) is 19.0. The molecule has 1 aliphatic rings. The molecule has 2 heterocycles. The van der Waals surface area contributed by atoms with E-state index in [0.717, 1.165) is 46.6 Å². The van der Waals surface area contributed by atoms with Gasteiger partial charge in [0.1, 0.15) is 11.3 Å². The third-order valence-electron chi connectivity index (χ3n) is 5.64. The maximum atomic E-state index is 14.5. The van der Waals surface area contributed by atoms with Crippen LogP contribution in [0.15, 0.2) is 36.7 Å². The molecular weight excluding hydrogens is 401 g/mol. The van der Waals surface area contributed by atoms with Gasteiger partial charge in [-0.1, -0.05) is 30.2 Å². The second kappa shape index (κ2) is 7.67. The molecule has 0 aliphatic heterocycles. The van der Waals surface area contributed by atoms with E-state index < -0.39 is 5.82 Å². The van der Waals surface area contributed by atoms with Gasteiger partial charge in [-0.05, 0) is 42.7 Å². The Morgan fingerprint density at radius 2 is 2.10 bits per heavy atom. The van der Waals surface area contributed by atoms with Crippen LogP contribution in [0.5, 0.6) is 0 Å². The number of nitrogens with one attached hydrogen (secondary N) is 1. The minimum Gasteiger partial charge on any atom is -0.391 e. The number of benzene rings is 2. The van der Waals surface area contributed by atoms with Crippen LogP contribution in [0.2, 0.25) is 0 Å². The molecule has 1 aliphatic carbocycles. The number of nitriles is 1. The lowest BCUT2D eigenvalue weighted by Crippen LogP contribution is -2.36. The monoisotopic (exact) mass is 421 g/mol. The molecule has 0 radical (unpaired) electrons. The van der Waals surface area contributed by atoms with Gasteiger partial charge in [-0.3, -0.25) is 0 Å². The fraction of sp³-hybridized carbons (Fsp3) is 0.318. The summed E-state index contributed by atoms with van der Waals surface area (Å²) in [6, 6.07) is 10.9. The van der Waals surface area contributed by atoms with E-state index >= 15 is 0 Å². The Morgan fingerprint density at radius 3 is 2.93 bits per heavy atom. The highest BCUT2D eigenvalue weighted by atomic mass is 32.1. The molecule has 0 bridgehead atoms. The molecule has 8 heteroatoms. The molecule has 152 valence electrons. The lowest BCUT2D eigenvalue weighted by molar-refractivity contribution is 0.116. The summed E-state index contributed by atoms with van der Waals surface area (Å²) in [4.78, 5) is 8.90. The van der Waals surface area contributed by atoms with E-state index in [-0.39, 0.29) is 17.7 Å². The predicted molar refractivity (Wildman–Crippen MR) is 115 cm³/mol. The Hall–Kier alpha value is -3.02. The van der Waals surface area contributed by atoms with Gasteiger partial charge in [-0.2, -0.15) is 5.26 Å². The van der Waals surface area contributed by atoms with Gasteiger partial charge in [0.05, 0.1) is 45.8 Å². The number of hydrogen-bond acceptors (Lipinski definition) is 6. The Morgan fingerprint density at radius 1 is 1.23 bits per heavy atom. The molecule has 30 heavy (non-hydrogen) atoms. The van der Waals surface area contributed by atoms with Gasteiger partial charge in [0, 0.05) is 6.54 Å². The van der Waals surface area contributed by atoms with Gasteiger partial charge in [0.15, 0.2) is 5.13 Å². The Labute approximate surface area is 176 Å². The maximum absolute atomic E-state index is 14.5. The summed E-state index contributed by atoms with van der Waals surface area (Å²) in [5.41, 5.74) is 3.05. The summed E-state index contributed by atoms with van der Waals surface area (Å²) in [5.74, 6) is -0.446. The molecule has 0 spiro atoms. The topological polar surface area (TPSA) is 86.8 Å². The zero-order valence-corrected chi connectivity index (χ0v) is 17.0. The second-order valence-electron chi connectivity index (χ2n) is 7.73. The van der Waals surface area contributed by atoms with E-state index in [9.17, 15) is 9.50 Å².